The van der Waals surface area contributed by atoms with Gasteiger partial charge in [0.1, 0.15) is 67.0 Å². The van der Waals surface area contributed by atoms with Crippen molar-refractivity contribution in [3.05, 3.63) is 59.7 Å². The van der Waals surface area contributed by atoms with E-state index in [1.54, 1.807) is 27.7 Å². The molecule has 0 bridgehead atoms. The van der Waals surface area contributed by atoms with Crippen LogP contribution in [0.1, 0.15) is 180 Å². The lowest BCUT2D eigenvalue weighted by molar-refractivity contribution is -0.156. The minimum Gasteiger partial charge on any atom is -0.480 e. The van der Waals surface area contributed by atoms with E-state index in [1.807, 2.05) is 125 Å². The zero-order chi connectivity index (χ0) is 76.2. The minimum atomic E-state index is -1.25. The van der Waals surface area contributed by atoms with Crippen LogP contribution in [0.5, 0.6) is 0 Å². The molecule has 2 aromatic rings. The number of carbonyl (C=O) groups excluding carboxylic acids is 11. The summed E-state index contributed by atoms with van der Waals surface area (Å²) in [4.78, 5) is 179. The number of nitrogens with one attached hydrogen (secondary N) is 4. The average Bonchev–Trinajstić information content (AvgIpc) is 1.60. The van der Waals surface area contributed by atoms with Crippen molar-refractivity contribution in [2.75, 3.05) is 62.5 Å². The molecular weight excluding hydrogens is 1280 g/mol. The van der Waals surface area contributed by atoms with Crippen molar-refractivity contribution in [2.24, 2.45) is 41.4 Å². The maximum atomic E-state index is 15.2. The number of carboxylic acids is 1. The molecule has 0 fully saturated rings. The molecular formula is C75H121N11O14. The second kappa shape index (κ2) is 39.2. The number of benzene rings is 2. The van der Waals surface area contributed by atoms with E-state index in [2.05, 4.69) is 21.3 Å². The summed E-state index contributed by atoms with van der Waals surface area (Å²) in [5, 5.41) is 20.3. The summed E-state index contributed by atoms with van der Waals surface area (Å²) in [6.45, 7) is 30.0. The average molecular weight is 1400 g/mol. The fourth-order valence-corrected chi connectivity index (χ4v) is 12.9. The molecule has 25 nitrogen and oxygen atoms in total. The van der Waals surface area contributed by atoms with E-state index in [4.69, 9.17) is 4.74 Å². The normalized spacial score (nSPS) is 15.1. The van der Waals surface area contributed by atoms with E-state index in [0.29, 0.717) is 6.42 Å². The first kappa shape index (κ1) is 86.1. The first-order valence-electron chi connectivity index (χ1n) is 35.6. The monoisotopic (exact) mass is 1400 g/mol. The van der Waals surface area contributed by atoms with Gasteiger partial charge < -0.3 is 65.4 Å². The highest BCUT2D eigenvalue weighted by Gasteiger charge is 2.44. The summed E-state index contributed by atoms with van der Waals surface area (Å²) in [5.41, 5.74) is 4.19. The third-order valence-electron chi connectivity index (χ3n) is 18.7. The van der Waals surface area contributed by atoms with Crippen LogP contribution in [0.4, 0.5) is 4.79 Å². The number of likely N-dealkylation sites (N-methyl/N-ethyl adjacent to an activating group) is 7. The number of alkyl carbamates (subject to hydrolysis) is 1. The molecule has 1 aliphatic carbocycles. The Labute approximate surface area is 595 Å². The lowest BCUT2D eigenvalue weighted by atomic mass is 9.95. The Morgan fingerprint density at radius 2 is 0.820 bits per heavy atom. The summed E-state index contributed by atoms with van der Waals surface area (Å²) >= 11 is 0. The molecule has 5 N–H and O–H groups in total. The van der Waals surface area contributed by atoms with Gasteiger partial charge in [0.25, 0.3) is 0 Å². The fraction of sp³-hybridized carbons (Fsp3) is 0.680. The Hall–Kier alpha value is -8.12. The summed E-state index contributed by atoms with van der Waals surface area (Å²) in [5.74, 6) is -9.07. The summed E-state index contributed by atoms with van der Waals surface area (Å²) in [6, 6.07) is 4.55. The van der Waals surface area contributed by atoms with Crippen molar-refractivity contribution in [1.29, 1.82) is 0 Å². The zero-order valence-electron chi connectivity index (χ0n) is 64.3. The molecule has 11 amide bonds. The van der Waals surface area contributed by atoms with Crippen LogP contribution in [-0.2, 0) is 57.5 Å². The van der Waals surface area contributed by atoms with Crippen LogP contribution in [0.3, 0.4) is 0 Å². The molecule has 25 heteroatoms. The molecule has 0 heterocycles. The lowest BCUT2D eigenvalue weighted by Gasteiger charge is -2.41. The molecule has 0 spiro atoms. The number of hydrogen-bond acceptors (Lipinski definition) is 13. The van der Waals surface area contributed by atoms with Crippen molar-refractivity contribution < 1.29 is 67.4 Å². The molecule has 3 rings (SSSR count). The number of carbonyl (C=O) groups is 12. The van der Waals surface area contributed by atoms with E-state index >= 15 is 9.59 Å². The van der Waals surface area contributed by atoms with Crippen LogP contribution in [0.25, 0.3) is 11.1 Å². The van der Waals surface area contributed by atoms with Crippen molar-refractivity contribution in [3.8, 4) is 11.1 Å². The number of amides is 11. The molecule has 0 unspecified atom stereocenters. The first-order valence-corrected chi connectivity index (χ1v) is 35.6. The highest BCUT2D eigenvalue weighted by molar-refractivity contribution is 5.99. The van der Waals surface area contributed by atoms with Gasteiger partial charge in [-0.15, -0.1) is 0 Å². The molecule has 560 valence electrons. The summed E-state index contributed by atoms with van der Waals surface area (Å²) in [7, 11) is 10.2. The maximum Gasteiger partial charge on any atom is 0.407 e. The van der Waals surface area contributed by atoms with Crippen molar-refractivity contribution in [1.82, 2.24) is 55.6 Å². The van der Waals surface area contributed by atoms with Gasteiger partial charge in [-0.05, 0) is 116 Å². The first-order chi connectivity index (χ1) is 46.5. The Balaban J connectivity index is 1.85. The number of fused-ring (bicyclic) bond motifs is 3. The van der Waals surface area contributed by atoms with Gasteiger partial charge in [-0.2, -0.15) is 0 Å². The molecule has 0 radical (unpaired) electrons. The van der Waals surface area contributed by atoms with Crippen LogP contribution in [0, 0.1) is 41.4 Å². The molecule has 1 aliphatic rings. The van der Waals surface area contributed by atoms with Crippen molar-refractivity contribution in [3.63, 3.8) is 0 Å². The van der Waals surface area contributed by atoms with Crippen LogP contribution < -0.4 is 21.3 Å². The minimum absolute atomic E-state index is 0.0306. The van der Waals surface area contributed by atoms with E-state index in [-0.39, 0.29) is 80.6 Å². The SMILES string of the molecule is CCC[C@H](NC(=O)[C@H](CC(C)C)N(C)C(=O)[C@H](C(C)C)N(C)C(=O)[C@H](CC(C)C)N(C)C(=O)[C@H](CC(C)C)N(C)C(=O)[C@@H](C)NC(=O)OCC1c2ccccc2-c2ccccc21)C(=O)N(C)CC(=O)N(C)[C@@H](CC(C)C)C(=O)N[C@H](C(=O)N(C)[C@@H](CC(C)C)C(=O)N[C@@H](C)C(=O)O)C(C)C. The second-order valence-corrected chi connectivity index (χ2v) is 30.2. The number of aliphatic carboxylic acids is 1. The summed E-state index contributed by atoms with van der Waals surface area (Å²) in [6.07, 6.45) is 0.683. The van der Waals surface area contributed by atoms with Crippen molar-refractivity contribution >= 4 is 71.1 Å². The third-order valence-corrected chi connectivity index (χ3v) is 18.7. The highest BCUT2D eigenvalue weighted by atomic mass is 16.5. The van der Waals surface area contributed by atoms with E-state index < -0.39 is 150 Å². The van der Waals surface area contributed by atoms with Crippen LogP contribution >= 0.6 is 0 Å². The molecule has 0 saturated heterocycles. The quantitative estimate of drug-likeness (QED) is 0.0443. The van der Waals surface area contributed by atoms with Gasteiger partial charge in [-0.1, -0.05) is 159 Å². The van der Waals surface area contributed by atoms with E-state index in [1.165, 1.54) is 92.6 Å². The lowest BCUT2D eigenvalue weighted by Crippen LogP contribution is -2.61. The van der Waals surface area contributed by atoms with Gasteiger partial charge in [0, 0.05) is 55.3 Å². The van der Waals surface area contributed by atoms with Crippen LogP contribution in [-0.4, -0.2) is 233 Å². The second-order valence-electron chi connectivity index (χ2n) is 30.2. The van der Waals surface area contributed by atoms with Gasteiger partial charge in [0.15, 0.2) is 0 Å². The van der Waals surface area contributed by atoms with Gasteiger partial charge in [-0.25, -0.2) is 4.79 Å². The summed E-state index contributed by atoms with van der Waals surface area (Å²) < 4.78 is 5.75. The molecule has 2 aromatic carbocycles. The van der Waals surface area contributed by atoms with Gasteiger partial charge in [0.2, 0.25) is 59.1 Å². The number of nitrogens with zero attached hydrogens (tertiary/aromatic N) is 7. The standard InChI is InChI=1S/C75H121N11O14/c1-25-30-56(69(92)80(18)40-62(87)81(19)57(35-42(2)3)67(90)79-63(47(12)13)72(95)82(20)58(36-43(4)5)65(88)76-50(17)74(97)98)78-66(89)59(37-44(6)7)83(21)73(96)64(48(14)15)86(24)71(94)61(39-46(10)11)85(23)70(93)60(38-45(8)9)84(22)68(91)49(16)77-75(99)100-41-55-53-33-28-26-31-51(53)52-32-27-29-34-54(52)55/h26-29,31-34,42-50,55-61,63-64H,25,30,35-41H2,1-24H3,(H,76,88)(H,77,99)(H,78,89)(H,79,90)(H,97,98)/t49-,50+,56+,57+,58+,59+,60+,61+,63+,64+/m1/s1. The topological polar surface area (TPSA) is 305 Å². The number of carboxylic acid groups (broad SMARTS) is 1. The Morgan fingerprint density at radius 1 is 0.430 bits per heavy atom. The van der Waals surface area contributed by atoms with Gasteiger partial charge >= 0.3 is 12.1 Å². The number of rotatable bonds is 38. The Morgan fingerprint density at radius 3 is 1.25 bits per heavy atom. The molecule has 0 aromatic heterocycles. The molecule has 100 heavy (non-hydrogen) atoms. The predicted octanol–water partition coefficient (Wildman–Crippen LogP) is 7.24. The maximum absolute atomic E-state index is 15.2. The smallest absolute Gasteiger partial charge is 0.407 e. The van der Waals surface area contributed by atoms with Gasteiger partial charge in [-0.3, -0.25) is 52.7 Å². The zero-order valence-corrected chi connectivity index (χ0v) is 64.3. The molecule has 10 atom stereocenters. The molecule has 0 saturated carbocycles. The fourth-order valence-electron chi connectivity index (χ4n) is 12.9. The van der Waals surface area contributed by atoms with Crippen LogP contribution in [0.15, 0.2) is 48.5 Å². The van der Waals surface area contributed by atoms with Crippen LogP contribution in [0.2, 0.25) is 0 Å². The number of ether oxygens (including phenoxy) is 1. The predicted molar refractivity (Wildman–Crippen MR) is 386 cm³/mol. The number of hydrogen-bond donors (Lipinski definition) is 5. The van der Waals surface area contributed by atoms with Gasteiger partial charge in [0.05, 0.1) is 6.54 Å². The van der Waals surface area contributed by atoms with E-state index in [0.717, 1.165) is 27.2 Å². The Bertz CT molecular complexity index is 3110. The Kier molecular flexibility index (Phi) is 33.7. The largest absolute Gasteiger partial charge is 0.480 e. The third kappa shape index (κ3) is 23.5. The van der Waals surface area contributed by atoms with E-state index in [9.17, 15) is 53.1 Å². The molecule has 0 aliphatic heterocycles. The van der Waals surface area contributed by atoms with Crippen molar-refractivity contribution in [2.45, 2.75) is 229 Å². The highest BCUT2D eigenvalue weighted by Crippen LogP contribution is 2.44.